The van der Waals surface area contributed by atoms with E-state index in [0.29, 0.717) is 10.8 Å². The maximum atomic E-state index is 10.8. The van der Waals surface area contributed by atoms with E-state index in [9.17, 15) is 4.79 Å². The number of aldehydes is 1. The fourth-order valence-electron chi connectivity index (χ4n) is 8.53. The van der Waals surface area contributed by atoms with Crippen LogP contribution in [0.4, 0.5) is 0 Å². The average Bonchev–Trinajstić information content (AvgIpc) is 2.75. The Morgan fingerprint density at radius 3 is 2.56 bits per heavy atom. The summed E-state index contributed by atoms with van der Waals surface area (Å²) in [4.78, 5) is 10.8. The predicted molar refractivity (Wildman–Crippen MR) is 136 cm³/mol. The van der Waals surface area contributed by atoms with Crippen LogP contribution in [0.25, 0.3) is 0 Å². The van der Waals surface area contributed by atoms with Gasteiger partial charge in [-0.3, -0.25) is 0 Å². The Morgan fingerprint density at radius 1 is 1.16 bits per heavy atom. The van der Waals surface area contributed by atoms with Crippen molar-refractivity contribution in [2.45, 2.75) is 119 Å². The Bertz CT molecular complexity index is 651. The van der Waals surface area contributed by atoms with Crippen LogP contribution < -0.4 is 0 Å². The molecule has 0 aromatic heterocycles. The molecule has 2 nitrogen and oxygen atoms in total. The van der Waals surface area contributed by atoms with Gasteiger partial charge in [-0.1, -0.05) is 85.8 Å². The molecule has 3 rings (SSSR count). The van der Waals surface area contributed by atoms with Gasteiger partial charge in [-0.25, -0.2) is 0 Å². The summed E-state index contributed by atoms with van der Waals surface area (Å²) in [7, 11) is 0. The van der Waals surface area contributed by atoms with Gasteiger partial charge in [0.2, 0.25) is 0 Å². The molecule has 0 amide bonds. The van der Waals surface area contributed by atoms with Crippen molar-refractivity contribution in [1.29, 1.82) is 0 Å². The molecule has 184 valence electrons. The minimum atomic E-state index is 0.249. The maximum absolute atomic E-state index is 10.8. The van der Waals surface area contributed by atoms with E-state index in [1.165, 1.54) is 51.4 Å². The lowest BCUT2D eigenvalue weighted by Gasteiger charge is -2.60. The molecule has 32 heavy (non-hydrogen) atoms. The van der Waals surface area contributed by atoms with Gasteiger partial charge in [-0.2, -0.15) is 0 Å². The van der Waals surface area contributed by atoms with E-state index in [4.69, 9.17) is 4.74 Å². The lowest BCUT2D eigenvalue weighted by Crippen LogP contribution is -2.52. The van der Waals surface area contributed by atoms with E-state index in [0.717, 1.165) is 54.6 Å². The molecule has 0 radical (unpaired) electrons. The summed E-state index contributed by atoms with van der Waals surface area (Å²) in [6.45, 7) is 17.8. The Kier molecular flexibility index (Phi) is 8.73. The topological polar surface area (TPSA) is 26.3 Å². The first-order valence-corrected chi connectivity index (χ1v) is 13.9. The molecule has 0 aliphatic heterocycles. The molecule has 0 heterocycles. The lowest BCUT2D eigenvalue weighted by atomic mass is 9.45. The van der Waals surface area contributed by atoms with Crippen LogP contribution in [0.5, 0.6) is 0 Å². The number of ether oxygens (including phenoxy) is 1. The molecule has 2 saturated carbocycles. The van der Waals surface area contributed by atoms with Crippen molar-refractivity contribution in [3.05, 3.63) is 11.6 Å². The fraction of sp³-hybridized carbons (Fsp3) is 0.900. The highest BCUT2D eigenvalue weighted by Gasteiger charge is 2.55. The number of hydrogen-bond acceptors (Lipinski definition) is 2. The molecule has 0 aromatic rings. The molecule has 2 fully saturated rings. The molecule has 0 bridgehead atoms. The van der Waals surface area contributed by atoms with E-state index >= 15 is 0 Å². The van der Waals surface area contributed by atoms with Crippen molar-refractivity contribution < 1.29 is 9.53 Å². The normalized spacial score (nSPS) is 39.1. The van der Waals surface area contributed by atoms with Crippen molar-refractivity contribution in [2.24, 2.45) is 46.3 Å². The number of rotatable bonds is 10. The molecule has 3 unspecified atom stereocenters. The maximum Gasteiger partial charge on any atom is 0.145 e. The predicted octanol–water partition coefficient (Wildman–Crippen LogP) is 8.25. The first-order chi connectivity index (χ1) is 15.2. The summed E-state index contributed by atoms with van der Waals surface area (Å²) in [5.74, 6) is 4.94. The third-order valence-corrected chi connectivity index (χ3v) is 10.6. The molecule has 0 aromatic carbocycles. The van der Waals surface area contributed by atoms with Crippen molar-refractivity contribution in [3.8, 4) is 0 Å². The summed E-state index contributed by atoms with van der Waals surface area (Å²) in [6.07, 6.45) is 16.7. The monoisotopic (exact) mass is 444 g/mol. The largest absolute Gasteiger partial charge is 0.370 e. The average molecular weight is 445 g/mol. The quantitative estimate of drug-likeness (QED) is 0.250. The zero-order valence-electron chi connectivity index (χ0n) is 22.3. The lowest BCUT2D eigenvalue weighted by molar-refractivity contribution is -0.115. The van der Waals surface area contributed by atoms with Crippen LogP contribution in [-0.2, 0) is 9.53 Å². The summed E-state index contributed by atoms with van der Waals surface area (Å²) in [5.41, 5.74) is 2.47. The minimum Gasteiger partial charge on any atom is -0.370 e. The van der Waals surface area contributed by atoms with E-state index in [1.54, 1.807) is 5.57 Å². The Morgan fingerprint density at radius 2 is 1.91 bits per heavy atom. The molecular weight excluding hydrogens is 392 g/mol. The smallest absolute Gasteiger partial charge is 0.145 e. The number of fused-ring (bicyclic) bond motifs is 3. The van der Waals surface area contributed by atoms with Gasteiger partial charge in [0.25, 0.3) is 0 Å². The third kappa shape index (κ3) is 5.06. The van der Waals surface area contributed by atoms with Crippen LogP contribution in [-0.4, -0.2) is 19.0 Å². The van der Waals surface area contributed by atoms with Crippen molar-refractivity contribution in [2.75, 3.05) is 6.61 Å². The van der Waals surface area contributed by atoms with Crippen molar-refractivity contribution in [3.63, 3.8) is 0 Å². The molecule has 8 atom stereocenters. The zero-order valence-corrected chi connectivity index (χ0v) is 22.3. The summed E-state index contributed by atoms with van der Waals surface area (Å²) >= 11 is 0. The van der Waals surface area contributed by atoms with Crippen molar-refractivity contribution >= 4 is 6.29 Å². The van der Waals surface area contributed by atoms with Crippen molar-refractivity contribution in [1.82, 2.24) is 0 Å². The molecule has 3 aliphatic rings. The van der Waals surface area contributed by atoms with Crippen LogP contribution in [0.2, 0.25) is 0 Å². The summed E-state index contributed by atoms with van der Waals surface area (Å²) < 4.78 is 5.83. The SMILES string of the molecule is CC[C@@H]([C@@H](C)CCCC(C)C)[C@]1(C)CCC2C(CC=C3C[C@H](OCC=O)CC[C@]32C)C1C. The zero-order chi connectivity index (χ0) is 23.5. The van der Waals surface area contributed by atoms with Crippen LogP contribution in [0.15, 0.2) is 11.6 Å². The number of carbonyl (C=O) groups is 1. The first-order valence-electron chi connectivity index (χ1n) is 13.9. The van der Waals surface area contributed by atoms with Crippen LogP contribution in [0, 0.1) is 46.3 Å². The highest BCUT2D eigenvalue weighted by atomic mass is 16.5. The molecule has 0 spiro atoms. The van der Waals surface area contributed by atoms with Crippen LogP contribution >= 0.6 is 0 Å². The molecule has 2 heteroatoms. The van der Waals surface area contributed by atoms with Gasteiger partial charge in [0.1, 0.15) is 12.9 Å². The fourth-order valence-corrected chi connectivity index (χ4v) is 8.53. The number of hydrogen-bond donors (Lipinski definition) is 0. The number of carbonyl (C=O) groups excluding carboxylic acids is 1. The van der Waals surface area contributed by atoms with E-state index in [-0.39, 0.29) is 12.7 Å². The molecule has 3 aliphatic carbocycles. The Balaban J connectivity index is 1.73. The van der Waals surface area contributed by atoms with E-state index < -0.39 is 0 Å². The van der Waals surface area contributed by atoms with Gasteiger partial charge in [-0.15, -0.1) is 0 Å². The third-order valence-electron chi connectivity index (χ3n) is 10.6. The number of allylic oxidation sites excluding steroid dienone is 1. The van der Waals surface area contributed by atoms with Gasteiger partial charge < -0.3 is 9.53 Å². The summed E-state index contributed by atoms with van der Waals surface area (Å²) in [5, 5.41) is 0. The highest BCUT2D eigenvalue weighted by Crippen LogP contribution is 2.63. The van der Waals surface area contributed by atoms with Crippen LogP contribution in [0.3, 0.4) is 0 Å². The molecule has 0 saturated heterocycles. The minimum absolute atomic E-state index is 0.249. The van der Waals surface area contributed by atoms with E-state index in [2.05, 4.69) is 54.5 Å². The Hall–Kier alpha value is -0.630. The van der Waals surface area contributed by atoms with Gasteiger partial charge in [0, 0.05) is 0 Å². The molecular formula is C30H52O2. The van der Waals surface area contributed by atoms with Gasteiger partial charge >= 0.3 is 0 Å². The van der Waals surface area contributed by atoms with E-state index in [1.807, 2.05) is 0 Å². The standard InChI is InChI=1S/C30H52O2/c1-8-27(22(4)11-9-10-21(2)3)29(6)17-15-28-26(23(29)5)13-12-24-20-25(32-19-18-31)14-16-30(24,28)7/h12,18,21-23,25-28H,8-11,13-17,19-20H2,1-7H3/t22-,23?,25+,26?,27-,28?,29+,30+/m0/s1. The van der Waals surface area contributed by atoms with Crippen LogP contribution in [0.1, 0.15) is 113 Å². The first kappa shape index (κ1) is 26.0. The Labute approximate surface area is 199 Å². The summed E-state index contributed by atoms with van der Waals surface area (Å²) in [6, 6.07) is 0. The van der Waals surface area contributed by atoms with Gasteiger partial charge in [-0.05, 0) is 84.9 Å². The molecule has 0 N–H and O–H groups in total. The highest BCUT2D eigenvalue weighted by molar-refractivity contribution is 5.50. The van der Waals surface area contributed by atoms with Gasteiger partial charge in [0.15, 0.2) is 0 Å². The second-order valence-electron chi connectivity index (χ2n) is 12.7. The van der Waals surface area contributed by atoms with Gasteiger partial charge in [0.05, 0.1) is 6.10 Å². The second kappa shape index (κ2) is 10.7. The second-order valence-corrected chi connectivity index (χ2v) is 12.7.